The van der Waals surface area contributed by atoms with Crippen LogP contribution in [0.15, 0.2) is 60.7 Å². The minimum Gasteiger partial charge on any atom is -0.445 e. The first-order chi connectivity index (χ1) is 22.4. The number of piperidine rings is 1. The zero-order valence-corrected chi connectivity index (χ0v) is 27.7. The fraction of sp³-hybridized carbons (Fsp3) is 0.556. The van der Waals surface area contributed by atoms with Crippen molar-refractivity contribution >= 4 is 23.8 Å². The van der Waals surface area contributed by atoms with Crippen molar-refractivity contribution in [3.8, 4) is 0 Å². The third-order valence-corrected chi connectivity index (χ3v) is 9.07. The van der Waals surface area contributed by atoms with E-state index in [1.165, 1.54) is 0 Å². The zero-order chi connectivity index (χ0) is 34.0. The predicted molar refractivity (Wildman–Crippen MR) is 179 cm³/mol. The molecule has 2 aliphatic rings. The molecule has 7 N–H and O–H groups in total. The van der Waals surface area contributed by atoms with E-state index in [0.29, 0.717) is 24.7 Å². The van der Waals surface area contributed by atoms with Gasteiger partial charge in [0.1, 0.15) is 12.6 Å². The molecule has 2 aromatic rings. The summed E-state index contributed by atoms with van der Waals surface area (Å²) in [6.07, 6.45) is 3.33. The lowest BCUT2D eigenvalue weighted by Crippen LogP contribution is -2.61. The SMILES string of the molecule is CC(C)(C)NC(=O)[C@@H]1C[C@H]2CCCC[C@@H]2C(C[C@@H](O)[C@H](Cc2ccccc2)NC(=O)[C@H](CC(N)=O)NC(=O)OCc2ccccc2)N1. The number of nitrogens with one attached hydrogen (secondary N) is 4. The molecule has 2 aromatic carbocycles. The molecule has 1 saturated carbocycles. The molecule has 1 saturated heterocycles. The van der Waals surface area contributed by atoms with Gasteiger partial charge in [-0.2, -0.15) is 0 Å². The van der Waals surface area contributed by atoms with Gasteiger partial charge in [0.2, 0.25) is 17.7 Å². The Balaban J connectivity index is 1.49. The quantitative estimate of drug-likeness (QED) is 0.194. The number of ether oxygens (including phenoxy) is 1. The molecule has 4 rings (SSSR count). The molecule has 1 unspecified atom stereocenters. The molecule has 7 atom stereocenters. The molecule has 47 heavy (non-hydrogen) atoms. The molecular formula is C36H51N5O6. The topological polar surface area (TPSA) is 172 Å². The van der Waals surface area contributed by atoms with Crippen molar-refractivity contribution in [3.63, 3.8) is 0 Å². The number of aliphatic hydroxyl groups is 1. The maximum absolute atomic E-state index is 13.6. The van der Waals surface area contributed by atoms with Crippen LogP contribution in [0.4, 0.5) is 4.79 Å². The van der Waals surface area contributed by atoms with E-state index in [9.17, 15) is 24.3 Å². The molecule has 0 bridgehead atoms. The molecular weight excluding hydrogens is 598 g/mol. The summed E-state index contributed by atoms with van der Waals surface area (Å²) in [7, 11) is 0. The maximum Gasteiger partial charge on any atom is 0.408 e. The molecule has 1 heterocycles. The summed E-state index contributed by atoms with van der Waals surface area (Å²) in [6.45, 7) is 5.86. The summed E-state index contributed by atoms with van der Waals surface area (Å²) in [5.41, 5.74) is 6.74. The number of nitrogens with two attached hydrogens (primary N) is 1. The first-order valence-electron chi connectivity index (χ1n) is 16.7. The average Bonchev–Trinajstić information content (AvgIpc) is 3.03. The summed E-state index contributed by atoms with van der Waals surface area (Å²) in [4.78, 5) is 51.4. The minimum absolute atomic E-state index is 0.0156. The maximum atomic E-state index is 13.6. The molecule has 1 aliphatic heterocycles. The van der Waals surface area contributed by atoms with Crippen molar-refractivity contribution < 1.29 is 29.0 Å². The van der Waals surface area contributed by atoms with E-state index < -0.39 is 42.5 Å². The fourth-order valence-electron chi connectivity index (χ4n) is 6.87. The van der Waals surface area contributed by atoms with Crippen LogP contribution in [-0.2, 0) is 32.1 Å². The van der Waals surface area contributed by atoms with Gasteiger partial charge in [-0.1, -0.05) is 79.9 Å². The normalized spacial score (nSPS) is 22.9. The minimum atomic E-state index is -1.30. The highest BCUT2D eigenvalue weighted by molar-refractivity contribution is 5.90. The average molecular weight is 650 g/mol. The highest BCUT2D eigenvalue weighted by Gasteiger charge is 2.43. The molecule has 0 radical (unpaired) electrons. The fourth-order valence-corrected chi connectivity index (χ4v) is 6.87. The van der Waals surface area contributed by atoms with Gasteiger partial charge in [0, 0.05) is 11.6 Å². The number of primary amides is 1. The number of rotatable bonds is 13. The second-order valence-corrected chi connectivity index (χ2v) is 14.0. The number of hydrogen-bond donors (Lipinski definition) is 6. The number of fused-ring (bicyclic) bond motifs is 1. The molecule has 256 valence electrons. The third-order valence-electron chi connectivity index (χ3n) is 9.07. The van der Waals surface area contributed by atoms with Gasteiger partial charge in [-0.3, -0.25) is 14.4 Å². The van der Waals surface area contributed by atoms with Gasteiger partial charge in [-0.05, 0) is 69.4 Å². The Morgan fingerprint density at radius 1 is 0.957 bits per heavy atom. The van der Waals surface area contributed by atoms with Crippen LogP contribution >= 0.6 is 0 Å². The van der Waals surface area contributed by atoms with E-state index >= 15 is 0 Å². The summed E-state index contributed by atoms with van der Waals surface area (Å²) in [5, 5.41) is 23.8. The number of aliphatic hydroxyl groups excluding tert-OH is 1. The van der Waals surface area contributed by atoms with E-state index in [4.69, 9.17) is 10.5 Å². The molecule has 0 aromatic heterocycles. The molecule has 11 nitrogen and oxygen atoms in total. The Hall–Kier alpha value is -3.96. The summed E-state index contributed by atoms with van der Waals surface area (Å²) >= 11 is 0. The van der Waals surface area contributed by atoms with Crippen molar-refractivity contribution in [2.45, 2.75) is 115 Å². The van der Waals surface area contributed by atoms with Gasteiger partial charge in [0.25, 0.3) is 0 Å². The van der Waals surface area contributed by atoms with E-state index in [2.05, 4.69) is 21.3 Å². The summed E-state index contributed by atoms with van der Waals surface area (Å²) < 4.78 is 5.28. The van der Waals surface area contributed by atoms with Crippen LogP contribution in [0.3, 0.4) is 0 Å². The van der Waals surface area contributed by atoms with Crippen LogP contribution in [-0.4, -0.2) is 64.7 Å². The van der Waals surface area contributed by atoms with Crippen molar-refractivity contribution in [1.82, 2.24) is 21.3 Å². The Morgan fingerprint density at radius 3 is 2.23 bits per heavy atom. The molecule has 4 amide bonds. The lowest BCUT2D eigenvalue weighted by atomic mass is 9.68. The molecule has 11 heteroatoms. The van der Waals surface area contributed by atoms with Gasteiger partial charge in [0.15, 0.2) is 0 Å². The van der Waals surface area contributed by atoms with E-state index in [1.807, 2.05) is 69.3 Å². The highest BCUT2D eigenvalue weighted by atomic mass is 16.5. The van der Waals surface area contributed by atoms with E-state index in [-0.39, 0.29) is 30.1 Å². The van der Waals surface area contributed by atoms with Gasteiger partial charge in [-0.15, -0.1) is 0 Å². The lowest BCUT2D eigenvalue weighted by Gasteiger charge is -2.46. The van der Waals surface area contributed by atoms with Gasteiger partial charge < -0.3 is 36.8 Å². The van der Waals surface area contributed by atoms with Crippen LogP contribution in [0.1, 0.15) is 76.8 Å². The largest absolute Gasteiger partial charge is 0.445 e. The third kappa shape index (κ3) is 11.4. The number of carbonyl (C=O) groups is 4. The molecule has 1 aliphatic carbocycles. The smallest absolute Gasteiger partial charge is 0.408 e. The molecule has 0 spiro atoms. The van der Waals surface area contributed by atoms with Crippen molar-refractivity contribution in [1.29, 1.82) is 0 Å². The number of benzene rings is 2. The van der Waals surface area contributed by atoms with Crippen molar-refractivity contribution in [2.24, 2.45) is 17.6 Å². The second kappa shape index (κ2) is 16.7. The van der Waals surface area contributed by atoms with Crippen LogP contribution in [0.2, 0.25) is 0 Å². The monoisotopic (exact) mass is 649 g/mol. The highest BCUT2D eigenvalue weighted by Crippen LogP contribution is 2.40. The van der Waals surface area contributed by atoms with Crippen LogP contribution in [0.5, 0.6) is 0 Å². The Labute approximate surface area is 277 Å². The lowest BCUT2D eigenvalue weighted by molar-refractivity contribution is -0.128. The van der Waals surface area contributed by atoms with Crippen LogP contribution in [0, 0.1) is 11.8 Å². The van der Waals surface area contributed by atoms with Gasteiger partial charge in [0.05, 0.1) is 24.6 Å². The van der Waals surface area contributed by atoms with Gasteiger partial charge >= 0.3 is 6.09 Å². The van der Waals surface area contributed by atoms with E-state index in [1.54, 1.807) is 12.1 Å². The number of hydrogen-bond acceptors (Lipinski definition) is 7. The second-order valence-electron chi connectivity index (χ2n) is 14.0. The summed E-state index contributed by atoms with van der Waals surface area (Å²) in [6, 6.07) is 16.0. The van der Waals surface area contributed by atoms with Crippen molar-refractivity contribution in [2.75, 3.05) is 0 Å². The first kappa shape index (κ1) is 35.9. The Bertz CT molecular complexity index is 1330. The predicted octanol–water partition coefficient (Wildman–Crippen LogP) is 3.09. The zero-order valence-electron chi connectivity index (χ0n) is 27.7. The van der Waals surface area contributed by atoms with Crippen molar-refractivity contribution in [3.05, 3.63) is 71.8 Å². The van der Waals surface area contributed by atoms with Crippen LogP contribution < -0.4 is 27.0 Å². The van der Waals surface area contributed by atoms with Crippen LogP contribution in [0.25, 0.3) is 0 Å². The standard InChI is InChI=1S/C36H51N5O6/c1-36(2,3)41-34(45)29-19-25-16-10-11-17-26(25)27(38-29)20-31(42)28(18-23-12-6-4-7-13-23)39-33(44)30(21-32(37)43)40-35(46)47-22-24-14-8-5-9-15-24/h4-9,12-15,25-31,38,42H,10-11,16-22H2,1-3H3,(H2,37,43)(H,39,44)(H,40,46)(H,41,45)/t25-,26+,27?,28+,29+,30+,31-/m1/s1. The Kier molecular flexibility index (Phi) is 12.8. The van der Waals surface area contributed by atoms with Gasteiger partial charge in [-0.25, -0.2) is 4.79 Å². The number of alkyl carbamates (subject to hydrolysis) is 1. The summed E-state index contributed by atoms with van der Waals surface area (Å²) in [5.74, 6) is -0.812. The Morgan fingerprint density at radius 2 is 1.60 bits per heavy atom. The van der Waals surface area contributed by atoms with E-state index in [0.717, 1.165) is 43.2 Å². The first-order valence-corrected chi connectivity index (χ1v) is 16.7. The number of carbonyl (C=O) groups excluding carboxylic acids is 4. The molecule has 2 fully saturated rings. The number of amides is 4.